The summed E-state index contributed by atoms with van der Waals surface area (Å²) in [5.41, 5.74) is 7.43. The molecule has 0 aliphatic heterocycles. The average Bonchev–Trinajstić information content (AvgIpc) is 3.18. The monoisotopic (exact) mass is 493 g/mol. The molecular weight excluding hydrogens is 454 g/mol. The van der Waals surface area contributed by atoms with Crippen molar-refractivity contribution in [1.82, 2.24) is 4.57 Å². The zero-order valence-electron chi connectivity index (χ0n) is 22.3. The van der Waals surface area contributed by atoms with E-state index in [0.29, 0.717) is 5.56 Å². The summed E-state index contributed by atoms with van der Waals surface area (Å²) in [6.45, 7) is 3.39. The Labute approximate surface area is 221 Å². The lowest BCUT2D eigenvalue weighted by molar-refractivity contribution is 0.0600. The van der Waals surface area contributed by atoms with E-state index in [9.17, 15) is 4.79 Å². The van der Waals surface area contributed by atoms with Crippen molar-refractivity contribution in [2.24, 2.45) is 11.8 Å². The van der Waals surface area contributed by atoms with Gasteiger partial charge in [0.25, 0.3) is 0 Å². The lowest BCUT2D eigenvalue weighted by atomic mass is 9.82. The Morgan fingerprint density at radius 2 is 1.49 bits per heavy atom. The third kappa shape index (κ3) is 5.98. The number of hydrogen-bond donors (Lipinski definition) is 0. The number of aromatic nitrogens is 1. The SMILES string of the molecule is COC(=O)c1ccc(Cc2c(C)n(CC3CCCC[C@H](Cc4ccccc4)CC3)c3ccccc23)cc1. The Morgan fingerprint density at radius 3 is 2.24 bits per heavy atom. The van der Waals surface area contributed by atoms with Gasteiger partial charge in [0.05, 0.1) is 12.7 Å². The summed E-state index contributed by atoms with van der Waals surface area (Å²) in [6, 6.07) is 27.8. The molecule has 1 aromatic heterocycles. The average molecular weight is 494 g/mol. The molecule has 1 fully saturated rings. The number of ether oxygens (including phenoxy) is 1. The van der Waals surface area contributed by atoms with Crippen molar-refractivity contribution < 1.29 is 9.53 Å². The molecule has 1 unspecified atom stereocenters. The molecule has 0 spiro atoms. The van der Waals surface area contributed by atoms with Crippen molar-refractivity contribution in [3.8, 4) is 0 Å². The Hall–Kier alpha value is -3.33. The van der Waals surface area contributed by atoms with Gasteiger partial charge in [0.1, 0.15) is 0 Å². The van der Waals surface area contributed by atoms with Gasteiger partial charge in [-0.25, -0.2) is 4.79 Å². The predicted molar refractivity (Wildman–Crippen MR) is 152 cm³/mol. The molecule has 37 heavy (non-hydrogen) atoms. The van der Waals surface area contributed by atoms with Gasteiger partial charge in [-0.1, -0.05) is 79.9 Å². The van der Waals surface area contributed by atoms with E-state index in [1.54, 1.807) is 0 Å². The predicted octanol–water partition coefficient (Wildman–Crippen LogP) is 8.16. The molecule has 5 rings (SSSR count). The lowest BCUT2D eigenvalue weighted by Gasteiger charge is -2.26. The summed E-state index contributed by atoms with van der Waals surface area (Å²) in [5, 5.41) is 1.35. The van der Waals surface area contributed by atoms with Crippen LogP contribution in [0.15, 0.2) is 78.9 Å². The Kier molecular flexibility index (Phi) is 8.08. The zero-order chi connectivity index (χ0) is 25.6. The van der Waals surface area contributed by atoms with Gasteiger partial charge >= 0.3 is 5.97 Å². The minimum atomic E-state index is -0.287. The molecule has 0 radical (unpaired) electrons. The fourth-order valence-corrected chi connectivity index (χ4v) is 6.26. The van der Waals surface area contributed by atoms with Crippen LogP contribution in [0.5, 0.6) is 0 Å². The molecule has 1 aliphatic carbocycles. The van der Waals surface area contributed by atoms with Crippen molar-refractivity contribution >= 4 is 16.9 Å². The first-order valence-corrected chi connectivity index (χ1v) is 13.9. The molecule has 2 atom stereocenters. The van der Waals surface area contributed by atoms with Gasteiger partial charge in [-0.15, -0.1) is 0 Å². The van der Waals surface area contributed by atoms with E-state index >= 15 is 0 Å². The normalized spacial score (nSPS) is 18.3. The van der Waals surface area contributed by atoms with E-state index in [4.69, 9.17) is 4.74 Å². The minimum Gasteiger partial charge on any atom is -0.465 e. The molecular formula is C34H39NO2. The van der Waals surface area contributed by atoms with Crippen molar-refractivity contribution in [3.63, 3.8) is 0 Å². The highest BCUT2D eigenvalue weighted by Gasteiger charge is 2.21. The topological polar surface area (TPSA) is 31.2 Å². The number of benzene rings is 3. The van der Waals surface area contributed by atoms with E-state index in [0.717, 1.165) is 24.8 Å². The molecule has 1 heterocycles. The van der Waals surface area contributed by atoms with E-state index in [-0.39, 0.29) is 5.97 Å². The van der Waals surface area contributed by atoms with E-state index in [1.807, 2.05) is 12.1 Å². The summed E-state index contributed by atoms with van der Waals surface area (Å²) in [6.07, 6.45) is 10.1. The molecule has 4 aromatic rings. The van der Waals surface area contributed by atoms with Crippen molar-refractivity contribution in [2.75, 3.05) is 7.11 Å². The number of methoxy groups -OCH3 is 1. The second kappa shape index (κ2) is 11.8. The number of para-hydroxylation sites is 1. The third-order valence-corrected chi connectivity index (χ3v) is 8.38. The number of nitrogens with zero attached hydrogens (tertiary/aromatic N) is 1. The van der Waals surface area contributed by atoms with Crippen LogP contribution in [0.3, 0.4) is 0 Å². The quantitative estimate of drug-likeness (QED) is 0.243. The maximum atomic E-state index is 11.8. The van der Waals surface area contributed by atoms with Crippen LogP contribution in [0.2, 0.25) is 0 Å². The first-order chi connectivity index (χ1) is 18.1. The summed E-state index contributed by atoms with van der Waals surface area (Å²) < 4.78 is 7.45. The van der Waals surface area contributed by atoms with Crippen molar-refractivity contribution in [3.05, 3.63) is 107 Å². The summed E-state index contributed by atoms with van der Waals surface area (Å²) >= 11 is 0. The molecule has 3 nitrogen and oxygen atoms in total. The first-order valence-electron chi connectivity index (χ1n) is 13.9. The summed E-state index contributed by atoms with van der Waals surface area (Å²) in [7, 11) is 1.42. The third-order valence-electron chi connectivity index (χ3n) is 8.38. The second-order valence-corrected chi connectivity index (χ2v) is 10.8. The number of carbonyl (C=O) groups excluding carboxylic acids is 1. The molecule has 0 N–H and O–H groups in total. The molecule has 3 heteroatoms. The number of fused-ring (bicyclic) bond motifs is 1. The largest absolute Gasteiger partial charge is 0.465 e. The Bertz CT molecular complexity index is 1320. The van der Waals surface area contributed by atoms with Gasteiger partial charge in [0.15, 0.2) is 0 Å². The van der Waals surface area contributed by atoms with Gasteiger partial charge in [-0.2, -0.15) is 0 Å². The molecule has 3 aromatic carbocycles. The Morgan fingerprint density at radius 1 is 0.811 bits per heavy atom. The van der Waals surface area contributed by atoms with Crippen LogP contribution in [0.4, 0.5) is 0 Å². The van der Waals surface area contributed by atoms with Crippen LogP contribution in [-0.2, 0) is 24.1 Å². The number of rotatable bonds is 7. The smallest absolute Gasteiger partial charge is 0.337 e. The molecule has 0 saturated heterocycles. The van der Waals surface area contributed by atoms with Crippen LogP contribution in [0.1, 0.15) is 71.3 Å². The van der Waals surface area contributed by atoms with E-state index in [2.05, 4.69) is 78.2 Å². The summed E-state index contributed by atoms with van der Waals surface area (Å²) in [5.74, 6) is 1.24. The van der Waals surface area contributed by atoms with E-state index < -0.39 is 0 Å². The number of esters is 1. The van der Waals surface area contributed by atoms with Crippen LogP contribution in [0, 0.1) is 18.8 Å². The highest BCUT2D eigenvalue weighted by Crippen LogP contribution is 2.33. The van der Waals surface area contributed by atoms with Crippen LogP contribution < -0.4 is 0 Å². The first kappa shape index (κ1) is 25.3. The van der Waals surface area contributed by atoms with Crippen LogP contribution >= 0.6 is 0 Å². The highest BCUT2D eigenvalue weighted by atomic mass is 16.5. The van der Waals surface area contributed by atoms with Crippen molar-refractivity contribution in [1.29, 1.82) is 0 Å². The van der Waals surface area contributed by atoms with Crippen LogP contribution in [0.25, 0.3) is 10.9 Å². The van der Waals surface area contributed by atoms with Gasteiger partial charge in [-0.3, -0.25) is 0 Å². The number of carbonyl (C=O) groups is 1. The molecule has 0 bridgehead atoms. The zero-order valence-corrected chi connectivity index (χ0v) is 22.3. The maximum Gasteiger partial charge on any atom is 0.337 e. The molecule has 0 amide bonds. The fraction of sp³-hybridized carbons (Fsp3) is 0.382. The fourth-order valence-electron chi connectivity index (χ4n) is 6.26. The highest BCUT2D eigenvalue weighted by molar-refractivity contribution is 5.89. The molecule has 1 aliphatic rings. The molecule has 192 valence electrons. The number of hydrogen-bond acceptors (Lipinski definition) is 2. The Balaban J connectivity index is 1.33. The van der Waals surface area contributed by atoms with Gasteiger partial charge in [-0.05, 0) is 85.8 Å². The maximum absolute atomic E-state index is 11.8. The van der Waals surface area contributed by atoms with Crippen molar-refractivity contribution in [2.45, 2.75) is 64.8 Å². The summed E-state index contributed by atoms with van der Waals surface area (Å²) in [4.78, 5) is 11.8. The van der Waals surface area contributed by atoms with Gasteiger partial charge < -0.3 is 9.30 Å². The van der Waals surface area contributed by atoms with E-state index in [1.165, 1.54) is 85.3 Å². The van der Waals surface area contributed by atoms with Gasteiger partial charge in [0.2, 0.25) is 0 Å². The molecule has 1 saturated carbocycles. The van der Waals surface area contributed by atoms with Gasteiger partial charge in [0, 0.05) is 23.1 Å². The van der Waals surface area contributed by atoms with Crippen LogP contribution in [-0.4, -0.2) is 17.6 Å². The lowest BCUT2D eigenvalue weighted by Crippen LogP contribution is -2.17. The minimum absolute atomic E-state index is 0.287. The standard InChI is InChI=1S/C34H39NO2/c1-25-32(23-28-18-20-30(21-19-28)34(36)37-2)31-14-8-9-15-33(31)35(25)24-29-13-7-6-12-27(16-17-29)22-26-10-4-3-5-11-26/h3-5,8-11,14-15,18-21,27,29H,6-7,12-13,16-17,22-24H2,1-2H3/t27-,29?/m0/s1. The second-order valence-electron chi connectivity index (χ2n) is 10.8.